The molecule has 0 unspecified atom stereocenters. The largest absolute Gasteiger partial charge is 0.497 e. The fourth-order valence-corrected chi connectivity index (χ4v) is 2.27. The number of hydrogen-bond donors (Lipinski definition) is 3. The quantitative estimate of drug-likeness (QED) is 0.678. The SMILES string of the molecule is COc1ccc(NC(=O)NCCc2nc3ccccc3[nH]2)cc1. The Bertz CT molecular complexity index is 763. The highest BCUT2D eigenvalue weighted by Crippen LogP contribution is 2.14. The smallest absolute Gasteiger partial charge is 0.319 e. The lowest BCUT2D eigenvalue weighted by Gasteiger charge is -2.07. The number of ether oxygens (including phenoxy) is 1. The van der Waals surface area contributed by atoms with E-state index in [9.17, 15) is 4.79 Å². The molecule has 2 amide bonds. The number of aromatic amines is 1. The fraction of sp³-hybridized carbons (Fsp3) is 0.176. The highest BCUT2D eigenvalue weighted by atomic mass is 16.5. The van der Waals surface area contributed by atoms with Crippen molar-refractivity contribution in [2.45, 2.75) is 6.42 Å². The van der Waals surface area contributed by atoms with Crippen LogP contribution in [0.3, 0.4) is 0 Å². The molecule has 118 valence electrons. The first-order valence-electron chi connectivity index (χ1n) is 7.37. The number of imidazole rings is 1. The van der Waals surface area contributed by atoms with E-state index in [0.29, 0.717) is 18.7 Å². The normalized spacial score (nSPS) is 10.5. The van der Waals surface area contributed by atoms with Crippen LogP contribution in [0.5, 0.6) is 5.75 Å². The molecule has 2 aromatic carbocycles. The van der Waals surface area contributed by atoms with Crippen LogP contribution in [0.1, 0.15) is 5.82 Å². The van der Waals surface area contributed by atoms with Crippen molar-refractivity contribution in [1.82, 2.24) is 15.3 Å². The van der Waals surface area contributed by atoms with E-state index in [1.807, 2.05) is 24.3 Å². The number of hydrogen-bond acceptors (Lipinski definition) is 3. The summed E-state index contributed by atoms with van der Waals surface area (Å²) < 4.78 is 5.07. The zero-order valence-electron chi connectivity index (χ0n) is 12.8. The molecule has 6 nitrogen and oxygen atoms in total. The predicted octanol–water partition coefficient (Wildman–Crippen LogP) is 2.94. The number of carbonyl (C=O) groups excluding carboxylic acids is 1. The zero-order valence-corrected chi connectivity index (χ0v) is 12.8. The number of methoxy groups -OCH3 is 1. The number of para-hydroxylation sites is 2. The molecular formula is C17H18N4O2. The van der Waals surface area contributed by atoms with Crippen LogP contribution in [-0.4, -0.2) is 29.7 Å². The Morgan fingerprint density at radius 2 is 1.96 bits per heavy atom. The molecule has 0 bridgehead atoms. The van der Waals surface area contributed by atoms with Crippen molar-refractivity contribution < 1.29 is 9.53 Å². The molecule has 1 aromatic heterocycles. The van der Waals surface area contributed by atoms with Crippen LogP contribution in [0.15, 0.2) is 48.5 Å². The minimum Gasteiger partial charge on any atom is -0.497 e. The van der Waals surface area contributed by atoms with Gasteiger partial charge in [0.05, 0.1) is 18.1 Å². The second kappa shape index (κ2) is 6.83. The van der Waals surface area contributed by atoms with Gasteiger partial charge in [-0.15, -0.1) is 0 Å². The third-order valence-electron chi connectivity index (χ3n) is 3.43. The molecule has 0 spiro atoms. The second-order valence-corrected chi connectivity index (χ2v) is 5.06. The van der Waals surface area contributed by atoms with Gasteiger partial charge in [-0.25, -0.2) is 9.78 Å². The number of aromatic nitrogens is 2. The second-order valence-electron chi connectivity index (χ2n) is 5.06. The van der Waals surface area contributed by atoms with Crippen LogP contribution < -0.4 is 15.4 Å². The van der Waals surface area contributed by atoms with E-state index >= 15 is 0 Å². The summed E-state index contributed by atoms with van der Waals surface area (Å²) in [4.78, 5) is 19.6. The van der Waals surface area contributed by atoms with Crippen molar-refractivity contribution in [1.29, 1.82) is 0 Å². The standard InChI is InChI=1S/C17H18N4O2/c1-23-13-8-6-12(7-9-13)19-17(22)18-11-10-16-20-14-4-2-3-5-15(14)21-16/h2-9H,10-11H2,1H3,(H,20,21)(H2,18,19,22). The molecule has 6 heteroatoms. The van der Waals surface area contributed by atoms with E-state index in [2.05, 4.69) is 20.6 Å². The molecule has 0 atom stereocenters. The Labute approximate surface area is 133 Å². The molecule has 1 heterocycles. The van der Waals surface area contributed by atoms with E-state index < -0.39 is 0 Å². The predicted molar refractivity (Wildman–Crippen MR) is 89.8 cm³/mol. The molecule has 0 radical (unpaired) electrons. The molecule has 0 saturated carbocycles. The molecule has 0 fully saturated rings. The van der Waals surface area contributed by atoms with Gasteiger partial charge in [-0.05, 0) is 36.4 Å². The summed E-state index contributed by atoms with van der Waals surface area (Å²) in [5.74, 6) is 1.61. The topological polar surface area (TPSA) is 79.0 Å². The Morgan fingerprint density at radius 1 is 1.17 bits per heavy atom. The van der Waals surface area contributed by atoms with Crippen LogP contribution in [0.2, 0.25) is 0 Å². The van der Waals surface area contributed by atoms with Gasteiger partial charge in [0.1, 0.15) is 11.6 Å². The average molecular weight is 310 g/mol. The Kier molecular flexibility index (Phi) is 4.42. The number of fused-ring (bicyclic) bond motifs is 1. The maximum absolute atomic E-state index is 11.8. The van der Waals surface area contributed by atoms with Gasteiger partial charge in [0.15, 0.2) is 0 Å². The lowest BCUT2D eigenvalue weighted by atomic mass is 10.3. The van der Waals surface area contributed by atoms with Crippen LogP contribution in [0, 0.1) is 0 Å². The minimum absolute atomic E-state index is 0.244. The zero-order chi connectivity index (χ0) is 16.1. The number of urea groups is 1. The van der Waals surface area contributed by atoms with Gasteiger partial charge in [-0.2, -0.15) is 0 Å². The lowest BCUT2D eigenvalue weighted by molar-refractivity contribution is 0.252. The van der Waals surface area contributed by atoms with Crippen LogP contribution in [-0.2, 0) is 6.42 Å². The number of carbonyl (C=O) groups is 1. The molecule has 0 aliphatic heterocycles. The van der Waals surface area contributed by atoms with Gasteiger partial charge in [-0.1, -0.05) is 12.1 Å². The number of anilines is 1. The fourth-order valence-electron chi connectivity index (χ4n) is 2.27. The number of rotatable bonds is 5. The average Bonchev–Trinajstić information content (AvgIpc) is 2.98. The van der Waals surface area contributed by atoms with E-state index in [1.54, 1.807) is 31.4 Å². The summed E-state index contributed by atoms with van der Waals surface area (Å²) in [7, 11) is 1.60. The minimum atomic E-state index is -0.244. The summed E-state index contributed by atoms with van der Waals surface area (Å²) in [6.07, 6.45) is 0.644. The molecule has 3 N–H and O–H groups in total. The Balaban J connectivity index is 1.48. The van der Waals surface area contributed by atoms with Gasteiger partial charge in [0.25, 0.3) is 0 Å². The van der Waals surface area contributed by atoms with Crippen molar-refractivity contribution in [3.8, 4) is 5.75 Å². The van der Waals surface area contributed by atoms with Crippen molar-refractivity contribution in [3.05, 3.63) is 54.4 Å². The molecule has 0 saturated heterocycles. The summed E-state index contributed by atoms with van der Waals surface area (Å²) in [6.45, 7) is 0.502. The number of amides is 2. The van der Waals surface area contributed by atoms with Crippen LogP contribution >= 0.6 is 0 Å². The third kappa shape index (κ3) is 3.79. The highest BCUT2D eigenvalue weighted by molar-refractivity contribution is 5.89. The van der Waals surface area contributed by atoms with E-state index in [0.717, 1.165) is 22.6 Å². The first-order chi connectivity index (χ1) is 11.2. The first kappa shape index (κ1) is 14.9. The summed E-state index contributed by atoms with van der Waals surface area (Å²) in [5.41, 5.74) is 2.66. The van der Waals surface area contributed by atoms with Gasteiger partial charge in [0.2, 0.25) is 0 Å². The summed E-state index contributed by atoms with van der Waals surface area (Å²) in [6, 6.07) is 14.8. The number of H-pyrrole nitrogens is 1. The summed E-state index contributed by atoms with van der Waals surface area (Å²) in [5, 5.41) is 5.58. The maximum Gasteiger partial charge on any atom is 0.319 e. The Morgan fingerprint density at radius 3 is 2.70 bits per heavy atom. The number of nitrogens with zero attached hydrogens (tertiary/aromatic N) is 1. The van der Waals surface area contributed by atoms with Gasteiger partial charge in [-0.3, -0.25) is 0 Å². The molecule has 23 heavy (non-hydrogen) atoms. The van der Waals surface area contributed by atoms with E-state index in [-0.39, 0.29) is 6.03 Å². The third-order valence-corrected chi connectivity index (χ3v) is 3.43. The number of benzene rings is 2. The molecule has 0 aliphatic rings. The van der Waals surface area contributed by atoms with Crippen molar-refractivity contribution in [2.75, 3.05) is 19.0 Å². The van der Waals surface area contributed by atoms with Crippen molar-refractivity contribution in [2.24, 2.45) is 0 Å². The Hall–Kier alpha value is -3.02. The first-order valence-corrected chi connectivity index (χ1v) is 7.37. The maximum atomic E-state index is 11.8. The highest BCUT2D eigenvalue weighted by Gasteiger charge is 2.04. The molecule has 0 aliphatic carbocycles. The number of nitrogens with one attached hydrogen (secondary N) is 3. The van der Waals surface area contributed by atoms with E-state index in [4.69, 9.17) is 4.74 Å². The monoisotopic (exact) mass is 310 g/mol. The van der Waals surface area contributed by atoms with Gasteiger partial charge in [0, 0.05) is 18.7 Å². The molecule has 3 aromatic rings. The van der Waals surface area contributed by atoms with Crippen LogP contribution in [0.4, 0.5) is 10.5 Å². The van der Waals surface area contributed by atoms with E-state index in [1.165, 1.54) is 0 Å². The van der Waals surface area contributed by atoms with Gasteiger partial charge < -0.3 is 20.4 Å². The van der Waals surface area contributed by atoms with Crippen molar-refractivity contribution >= 4 is 22.8 Å². The van der Waals surface area contributed by atoms with Crippen LogP contribution in [0.25, 0.3) is 11.0 Å². The molecular weight excluding hydrogens is 292 g/mol. The lowest BCUT2D eigenvalue weighted by Crippen LogP contribution is -2.30. The molecule has 3 rings (SSSR count). The van der Waals surface area contributed by atoms with Gasteiger partial charge >= 0.3 is 6.03 Å². The summed E-state index contributed by atoms with van der Waals surface area (Å²) >= 11 is 0. The van der Waals surface area contributed by atoms with Crippen molar-refractivity contribution in [3.63, 3.8) is 0 Å².